The molecule has 0 aliphatic carbocycles. The predicted octanol–water partition coefficient (Wildman–Crippen LogP) is 1.83. The molecule has 0 saturated carbocycles. The molecule has 0 spiro atoms. The first-order valence-electron chi connectivity index (χ1n) is 7.35. The summed E-state index contributed by atoms with van der Waals surface area (Å²) in [5, 5.41) is 4.82. The van der Waals surface area contributed by atoms with Crippen molar-refractivity contribution in [2.45, 2.75) is 19.4 Å². The van der Waals surface area contributed by atoms with Crippen LogP contribution in [0.25, 0.3) is 5.65 Å². The lowest BCUT2D eigenvalue weighted by Gasteiger charge is -2.05. The van der Waals surface area contributed by atoms with Crippen LogP contribution >= 0.6 is 11.3 Å². The number of esters is 1. The van der Waals surface area contributed by atoms with Crippen LogP contribution in [-0.4, -0.2) is 33.4 Å². The smallest absolute Gasteiger partial charge is 0.358 e. The molecule has 0 unspecified atom stereocenters. The van der Waals surface area contributed by atoms with Gasteiger partial charge in [0.2, 0.25) is 5.91 Å². The zero-order valence-corrected chi connectivity index (χ0v) is 13.9. The van der Waals surface area contributed by atoms with Gasteiger partial charge in [-0.25, -0.2) is 14.8 Å². The molecule has 0 aromatic carbocycles. The number of pyridine rings is 1. The van der Waals surface area contributed by atoms with Gasteiger partial charge in [-0.15, -0.1) is 11.3 Å². The van der Waals surface area contributed by atoms with E-state index in [9.17, 15) is 9.59 Å². The van der Waals surface area contributed by atoms with E-state index in [1.165, 1.54) is 18.4 Å². The number of nitrogens with one attached hydrogen (secondary N) is 1. The highest BCUT2D eigenvalue weighted by atomic mass is 32.1. The largest absolute Gasteiger partial charge is 0.464 e. The lowest BCUT2D eigenvalue weighted by molar-refractivity contribution is -0.121. The number of ether oxygens (including phenoxy) is 1. The van der Waals surface area contributed by atoms with Crippen LogP contribution in [0.5, 0.6) is 0 Å². The van der Waals surface area contributed by atoms with Crippen LogP contribution in [0.15, 0.2) is 35.4 Å². The Morgan fingerprint density at radius 1 is 1.33 bits per heavy atom. The van der Waals surface area contributed by atoms with Crippen molar-refractivity contribution < 1.29 is 14.3 Å². The van der Waals surface area contributed by atoms with Crippen molar-refractivity contribution in [1.29, 1.82) is 0 Å². The monoisotopic (exact) mass is 344 g/mol. The average molecular weight is 344 g/mol. The van der Waals surface area contributed by atoms with Gasteiger partial charge in [0.25, 0.3) is 0 Å². The molecule has 8 heteroatoms. The molecule has 3 rings (SSSR count). The van der Waals surface area contributed by atoms with E-state index in [0.29, 0.717) is 25.0 Å². The number of aryl methyl sites for hydroxylation is 1. The molecule has 3 heterocycles. The van der Waals surface area contributed by atoms with Crippen LogP contribution < -0.4 is 5.32 Å². The van der Waals surface area contributed by atoms with Crippen molar-refractivity contribution in [3.63, 3.8) is 0 Å². The number of aromatic nitrogens is 3. The Kier molecular flexibility index (Phi) is 4.85. The molecule has 1 N–H and O–H groups in total. The molecular weight excluding hydrogens is 328 g/mol. The fourth-order valence-corrected chi connectivity index (χ4v) is 2.83. The van der Waals surface area contributed by atoms with Crippen LogP contribution in [-0.2, 0) is 22.5 Å². The lowest BCUT2D eigenvalue weighted by atomic mass is 10.2. The van der Waals surface area contributed by atoms with Crippen molar-refractivity contribution in [3.8, 4) is 0 Å². The molecule has 3 aromatic rings. The van der Waals surface area contributed by atoms with Gasteiger partial charge < -0.3 is 14.5 Å². The molecule has 24 heavy (non-hydrogen) atoms. The molecule has 0 saturated heterocycles. The van der Waals surface area contributed by atoms with Crippen molar-refractivity contribution in [2.24, 2.45) is 0 Å². The number of hydrogen-bond acceptors (Lipinski definition) is 6. The van der Waals surface area contributed by atoms with Crippen LogP contribution in [0.4, 0.5) is 0 Å². The summed E-state index contributed by atoms with van der Waals surface area (Å²) < 4.78 is 6.40. The van der Waals surface area contributed by atoms with Gasteiger partial charge in [-0.3, -0.25) is 4.79 Å². The second-order valence-corrected chi connectivity index (χ2v) is 5.90. The zero-order valence-electron chi connectivity index (χ0n) is 13.1. The molecule has 0 bridgehead atoms. The number of carbonyl (C=O) groups excluding carboxylic acids is 2. The van der Waals surface area contributed by atoms with E-state index in [1.807, 2.05) is 17.6 Å². The Hall–Kier alpha value is -2.74. The van der Waals surface area contributed by atoms with Crippen molar-refractivity contribution >= 4 is 28.9 Å². The maximum Gasteiger partial charge on any atom is 0.358 e. The third kappa shape index (κ3) is 3.77. The number of hydrogen-bond donors (Lipinski definition) is 1. The van der Waals surface area contributed by atoms with Crippen molar-refractivity contribution in [2.75, 3.05) is 7.11 Å². The normalized spacial score (nSPS) is 10.7. The molecule has 7 nitrogen and oxygen atoms in total. The second-order valence-electron chi connectivity index (χ2n) is 5.18. The fraction of sp³-hybridized carbons (Fsp3) is 0.250. The minimum Gasteiger partial charge on any atom is -0.464 e. The summed E-state index contributed by atoms with van der Waals surface area (Å²) in [5.41, 5.74) is 4.51. The van der Waals surface area contributed by atoms with Gasteiger partial charge in [0, 0.05) is 30.7 Å². The number of thiazole rings is 1. The molecule has 3 aromatic heterocycles. The molecule has 0 radical (unpaired) electrons. The van der Waals surface area contributed by atoms with Gasteiger partial charge >= 0.3 is 5.97 Å². The Balaban J connectivity index is 1.58. The highest BCUT2D eigenvalue weighted by molar-refractivity contribution is 7.07. The molecule has 0 aliphatic rings. The predicted molar refractivity (Wildman–Crippen MR) is 88.8 cm³/mol. The standard InChI is InChI=1S/C16H16N4O3S/c1-23-16(22)13-8-20-7-11(2-4-14(20)19-13)6-17-15(21)5-3-12-9-24-10-18-12/h2,4,7-10H,3,5-6H2,1H3,(H,17,21). The summed E-state index contributed by atoms with van der Waals surface area (Å²) in [6, 6.07) is 3.66. The van der Waals surface area contributed by atoms with Gasteiger partial charge in [0.05, 0.1) is 18.3 Å². The zero-order chi connectivity index (χ0) is 16.9. The first-order chi connectivity index (χ1) is 11.7. The van der Waals surface area contributed by atoms with Gasteiger partial charge in [0.15, 0.2) is 5.69 Å². The highest BCUT2D eigenvalue weighted by Gasteiger charge is 2.11. The summed E-state index contributed by atoms with van der Waals surface area (Å²) in [6.07, 6.45) is 4.48. The maximum atomic E-state index is 11.9. The Bertz CT molecular complexity index is 857. The maximum absolute atomic E-state index is 11.9. The minimum atomic E-state index is -0.476. The SMILES string of the molecule is COC(=O)c1cn2cc(CNC(=O)CCc3cscn3)ccc2n1. The Morgan fingerprint density at radius 3 is 2.96 bits per heavy atom. The number of nitrogens with zero attached hydrogens (tertiary/aromatic N) is 3. The van der Waals surface area contributed by atoms with E-state index in [-0.39, 0.29) is 11.6 Å². The second kappa shape index (κ2) is 7.22. The fourth-order valence-electron chi connectivity index (χ4n) is 2.24. The summed E-state index contributed by atoms with van der Waals surface area (Å²) in [5.74, 6) is -0.500. The third-order valence-electron chi connectivity index (χ3n) is 3.49. The minimum absolute atomic E-state index is 0.0241. The van der Waals surface area contributed by atoms with E-state index >= 15 is 0 Å². The first-order valence-corrected chi connectivity index (χ1v) is 8.29. The lowest BCUT2D eigenvalue weighted by Crippen LogP contribution is -2.23. The number of rotatable bonds is 6. The van der Waals surface area contributed by atoms with E-state index in [0.717, 1.165) is 11.3 Å². The van der Waals surface area contributed by atoms with Crippen LogP contribution in [0, 0.1) is 0 Å². The molecule has 124 valence electrons. The Labute approximate surface area is 142 Å². The highest BCUT2D eigenvalue weighted by Crippen LogP contribution is 2.09. The Morgan fingerprint density at radius 2 is 2.21 bits per heavy atom. The topological polar surface area (TPSA) is 85.6 Å². The summed E-state index contributed by atoms with van der Waals surface area (Å²) >= 11 is 1.52. The van der Waals surface area contributed by atoms with E-state index < -0.39 is 5.97 Å². The van der Waals surface area contributed by atoms with Crippen molar-refractivity contribution in [3.05, 3.63) is 52.4 Å². The van der Waals surface area contributed by atoms with Gasteiger partial charge in [0.1, 0.15) is 5.65 Å². The third-order valence-corrected chi connectivity index (χ3v) is 4.12. The number of methoxy groups -OCH3 is 1. The molecule has 0 aliphatic heterocycles. The summed E-state index contributed by atoms with van der Waals surface area (Å²) in [7, 11) is 1.32. The first kappa shape index (κ1) is 16.1. The number of carbonyl (C=O) groups is 2. The van der Waals surface area contributed by atoms with Gasteiger partial charge in [-0.1, -0.05) is 6.07 Å². The van der Waals surface area contributed by atoms with Crippen LogP contribution in [0.1, 0.15) is 28.2 Å². The van der Waals surface area contributed by atoms with Crippen LogP contribution in [0.2, 0.25) is 0 Å². The van der Waals surface area contributed by atoms with E-state index in [4.69, 9.17) is 0 Å². The average Bonchev–Trinajstić information content (AvgIpc) is 3.26. The quantitative estimate of drug-likeness (QED) is 0.690. The van der Waals surface area contributed by atoms with E-state index in [1.54, 1.807) is 22.2 Å². The van der Waals surface area contributed by atoms with Crippen LogP contribution in [0.3, 0.4) is 0 Å². The molecular formula is C16H16N4O3S. The van der Waals surface area contributed by atoms with Crippen molar-refractivity contribution in [1.82, 2.24) is 19.7 Å². The molecule has 0 fully saturated rings. The molecule has 1 amide bonds. The number of imidazole rings is 1. The number of amides is 1. The molecule has 0 atom stereocenters. The summed E-state index contributed by atoms with van der Waals surface area (Å²) in [6.45, 7) is 0.414. The number of fused-ring (bicyclic) bond motifs is 1. The summed E-state index contributed by atoms with van der Waals surface area (Å²) in [4.78, 5) is 31.7. The van der Waals surface area contributed by atoms with E-state index in [2.05, 4.69) is 20.0 Å². The van der Waals surface area contributed by atoms with Gasteiger partial charge in [-0.2, -0.15) is 0 Å². The van der Waals surface area contributed by atoms with Gasteiger partial charge in [-0.05, 0) is 18.1 Å².